The fourth-order valence-corrected chi connectivity index (χ4v) is 3.70. The molecule has 0 aliphatic rings. The predicted octanol–water partition coefficient (Wildman–Crippen LogP) is 6.21. The van der Waals surface area contributed by atoms with Crippen molar-refractivity contribution in [2.75, 3.05) is 5.32 Å². The van der Waals surface area contributed by atoms with Gasteiger partial charge >= 0.3 is 5.97 Å². The number of carbonyl (C=O) groups excluding carboxylic acids is 2. The maximum Gasteiger partial charge on any atom is 0.339 e. The van der Waals surface area contributed by atoms with E-state index in [1.54, 1.807) is 42.5 Å². The Balaban J connectivity index is 1.24. The van der Waals surface area contributed by atoms with Gasteiger partial charge in [0, 0.05) is 11.3 Å². The van der Waals surface area contributed by atoms with Gasteiger partial charge in [0.25, 0.3) is 5.91 Å². The van der Waals surface area contributed by atoms with Crippen molar-refractivity contribution in [1.82, 2.24) is 9.97 Å². The number of rotatable bonds is 7. The number of hydrogen-bond donors (Lipinski definition) is 2. The number of ether oxygens (including phenoxy) is 2. The number of imidazole rings is 1. The molecule has 5 aromatic rings. The number of hydrogen-bond acceptors (Lipinski definition) is 5. The number of benzene rings is 4. The minimum Gasteiger partial charge on any atom is -0.457 e. The lowest BCUT2D eigenvalue weighted by Gasteiger charge is -2.15. The molecule has 1 heterocycles. The Morgan fingerprint density at radius 1 is 0.806 bits per heavy atom. The van der Waals surface area contributed by atoms with Crippen LogP contribution in [0.4, 0.5) is 5.69 Å². The molecular weight excluding hydrogens is 454 g/mol. The molecule has 0 radical (unpaired) electrons. The van der Waals surface area contributed by atoms with Crippen LogP contribution in [0.1, 0.15) is 17.3 Å². The Morgan fingerprint density at radius 2 is 1.47 bits per heavy atom. The Labute approximate surface area is 207 Å². The minimum absolute atomic E-state index is 0.318. The standard InChI is InChI=1S/C29H23N3O4/c1-19(28(33)30-20-15-17-22(18-16-20)36-21-9-3-2-4-10-21)35-29(34)24-12-6-5-11-23(24)27-31-25-13-7-8-14-26(25)32-27/h2-19H,1H3,(H,30,33)(H,31,32). The molecule has 0 aliphatic heterocycles. The number of nitrogens with zero attached hydrogens (tertiary/aromatic N) is 1. The van der Waals surface area contributed by atoms with Crippen LogP contribution in [0.15, 0.2) is 103 Å². The van der Waals surface area contributed by atoms with Crippen LogP contribution in [-0.2, 0) is 9.53 Å². The molecule has 5 rings (SSSR count). The number of nitrogens with one attached hydrogen (secondary N) is 2. The molecule has 0 fully saturated rings. The molecule has 4 aromatic carbocycles. The Bertz CT molecular complexity index is 1480. The topological polar surface area (TPSA) is 93.3 Å². The smallest absolute Gasteiger partial charge is 0.339 e. The number of esters is 1. The summed E-state index contributed by atoms with van der Waals surface area (Å²) in [6.45, 7) is 1.53. The lowest BCUT2D eigenvalue weighted by Crippen LogP contribution is -2.30. The minimum atomic E-state index is -1.01. The Morgan fingerprint density at radius 3 is 2.25 bits per heavy atom. The molecule has 0 spiro atoms. The number of aromatic amines is 1. The Kier molecular flexibility index (Phi) is 6.44. The molecular formula is C29H23N3O4. The number of fused-ring (bicyclic) bond motifs is 1. The van der Waals surface area contributed by atoms with Crippen LogP contribution in [-0.4, -0.2) is 27.9 Å². The van der Waals surface area contributed by atoms with E-state index < -0.39 is 18.0 Å². The summed E-state index contributed by atoms with van der Waals surface area (Å²) in [4.78, 5) is 33.5. The fourth-order valence-electron chi connectivity index (χ4n) is 3.70. The van der Waals surface area contributed by atoms with E-state index in [1.807, 2.05) is 60.7 Å². The summed E-state index contributed by atoms with van der Waals surface area (Å²) in [6, 6.07) is 31.0. The molecule has 0 bridgehead atoms. The van der Waals surface area contributed by atoms with Gasteiger partial charge in [0.1, 0.15) is 17.3 Å². The summed E-state index contributed by atoms with van der Waals surface area (Å²) in [5.74, 6) is 0.860. The van der Waals surface area contributed by atoms with Crippen LogP contribution < -0.4 is 10.1 Å². The number of aromatic nitrogens is 2. The number of para-hydroxylation sites is 3. The number of amides is 1. The highest BCUT2D eigenvalue weighted by molar-refractivity contribution is 6.00. The van der Waals surface area contributed by atoms with Gasteiger partial charge in [-0.05, 0) is 61.5 Å². The first kappa shape index (κ1) is 22.9. The Hall–Kier alpha value is -4.91. The van der Waals surface area contributed by atoms with E-state index in [-0.39, 0.29) is 0 Å². The maximum atomic E-state index is 13.0. The van der Waals surface area contributed by atoms with Crippen molar-refractivity contribution >= 4 is 28.6 Å². The summed E-state index contributed by atoms with van der Waals surface area (Å²) in [5, 5.41) is 2.76. The number of carbonyl (C=O) groups is 2. The van der Waals surface area contributed by atoms with Gasteiger partial charge in [-0.3, -0.25) is 4.79 Å². The van der Waals surface area contributed by atoms with E-state index in [9.17, 15) is 9.59 Å². The van der Waals surface area contributed by atoms with E-state index in [2.05, 4.69) is 15.3 Å². The normalized spacial score (nSPS) is 11.6. The van der Waals surface area contributed by atoms with Gasteiger partial charge in [-0.25, -0.2) is 9.78 Å². The number of anilines is 1. The second-order valence-corrected chi connectivity index (χ2v) is 8.12. The molecule has 7 nitrogen and oxygen atoms in total. The SMILES string of the molecule is CC(OC(=O)c1ccccc1-c1nc2ccccc2[nH]1)C(=O)Nc1ccc(Oc2ccccc2)cc1. The average Bonchev–Trinajstić information content (AvgIpc) is 3.34. The molecule has 7 heteroatoms. The zero-order chi connectivity index (χ0) is 24.9. The quantitative estimate of drug-likeness (QED) is 0.272. The zero-order valence-corrected chi connectivity index (χ0v) is 19.5. The highest BCUT2D eigenvalue weighted by Crippen LogP contribution is 2.25. The summed E-state index contributed by atoms with van der Waals surface area (Å²) in [6.07, 6.45) is -1.01. The third-order valence-corrected chi connectivity index (χ3v) is 5.55. The van der Waals surface area contributed by atoms with Gasteiger partial charge in [-0.2, -0.15) is 0 Å². The average molecular weight is 478 g/mol. The van der Waals surface area contributed by atoms with E-state index in [1.165, 1.54) is 6.92 Å². The molecule has 1 atom stereocenters. The summed E-state index contributed by atoms with van der Waals surface area (Å²) in [5.41, 5.74) is 3.14. The largest absolute Gasteiger partial charge is 0.457 e. The first-order valence-corrected chi connectivity index (χ1v) is 11.5. The van der Waals surface area contributed by atoms with Gasteiger partial charge < -0.3 is 19.8 Å². The van der Waals surface area contributed by atoms with Gasteiger partial charge in [-0.1, -0.05) is 48.5 Å². The van der Waals surface area contributed by atoms with E-state index in [0.29, 0.717) is 28.4 Å². The van der Waals surface area contributed by atoms with Crippen molar-refractivity contribution in [3.05, 3.63) is 109 Å². The van der Waals surface area contributed by atoms with Crippen molar-refractivity contribution in [3.63, 3.8) is 0 Å². The second kappa shape index (κ2) is 10.1. The highest BCUT2D eigenvalue weighted by atomic mass is 16.5. The van der Waals surface area contributed by atoms with Crippen molar-refractivity contribution in [3.8, 4) is 22.9 Å². The predicted molar refractivity (Wildman–Crippen MR) is 138 cm³/mol. The molecule has 36 heavy (non-hydrogen) atoms. The lowest BCUT2D eigenvalue weighted by atomic mass is 10.1. The summed E-state index contributed by atoms with van der Waals surface area (Å²) in [7, 11) is 0. The van der Waals surface area contributed by atoms with Crippen LogP contribution in [0, 0.1) is 0 Å². The molecule has 1 aromatic heterocycles. The molecule has 1 unspecified atom stereocenters. The molecule has 1 amide bonds. The van der Waals surface area contributed by atoms with Crippen molar-refractivity contribution in [1.29, 1.82) is 0 Å². The van der Waals surface area contributed by atoms with E-state index in [4.69, 9.17) is 9.47 Å². The molecule has 0 saturated carbocycles. The molecule has 2 N–H and O–H groups in total. The van der Waals surface area contributed by atoms with Crippen LogP contribution in [0.2, 0.25) is 0 Å². The molecule has 0 aliphatic carbocycles. The monoisotopic (exact) mass is 477 g/mol. The third-order valence-electron chi connectivity index (χ3n) is 5.55. The summed E-state index contributed by atoms with van der Waals surface area (Å²) >= 11 is 0. The third kappa shape index (κ3) is 5.10. The van der Waals surface area contributed by atoms with Gasteiger partial charge in [0.2, 0.25) is 0 Å². The highest BCUT2D eigenvalue weighted by Gasteiger charge is 2.22. The van der Waals surface area contributed by atoms with Crippen LogP contribution >= 0.6 is 0 Å². The van der Waals surface area contributed by atoms with Crippen LogP contribution in [0.5, 0.6) is 11.5 Å². The molecule has 0 saturated heterocycles. The second-order valence-electron chi connectivity index (χ2n) is 8.12. The summed E-state index contributed by atoms with van der Waals surface area (Å²) < 4.78 is 11.3. The number of H-pyrrole nitrogens is 1. The van der Waals surface area contributed by atoms with Crippen LogP contribution in [0.3, 0.4) is 0 Å². The van der Waals surface area contributed by atoms with E-state index >= 15 is 0 Å². The van der Waals surface area contributed by atoms with Gasteiger partial charge in [0.15, 0.2) is 6.10 Å². The molecule has 178 valence electrons. The first-order valence-electron chi connectivity index (χ1n) is 11.5. The maximum absolute atomic E-state index is 13.0. The zero-order valence-electron chi connectivity index (χ0n) is 19.5. The fraction of sp³-hybridized carbons (Fsp3) is 0.0690. The van der Waals surface area contributed by atoms with Crippen molar-refractivity contribution < 1.29 is 19.1 Å². The van der Waals surface area contributed by atoms with Crippen molar-refractivity contribution in [2.24, 2.45) is 0 Å². The van der Waals surface area contributed by atoms with Crippen molar-refractivity contribution in [2.45, 2.75) is 13.0 Å². The first-order chi connectivity index (χ1) is 17.6. The van der Waals surface area contributed by atoms with Gasteiger partial charge in [0.05, 0.1) is 16.6 Å². The lowest BCUT2D eigenvalue weighted by molar-refractivity contribution is -0.123. The van der Waals surface area contributed by atoms with Crippen LogP contribution in [0.25, 0.3) is 22.4 Å². The van der Waals surface area contributed by atoms with E-state index in [0.717, 1.165) is 16.8 Å². The van der Waals surface area contributed by atoms with Gasteiger partial charge in [-0.15, -0.1) is 0 Å².